The molecular formula is C5H6Cl2O2. The van der Waals surface area contributed by atoms with Crippen molar-refractivity contribution >= 4 is 23.2 Å². The third-order valence-electron chi connectivity index (χ3n) is 1.60. The Labute approximate surface area is 63.0 Å². The van der Waals surface area contributed by atoms with Crippen molar-refractivity contribution in [2.45, 2.75) is 16.5 Å². The predicted molar refractivity (Wildman–Crippen MR) is 33.9 cm³/mol. The van der Waals surface area contributed by atoms with Crippen LogP contribution in [-0.2, 0) is 9.47 Å². The lowest BCUT2D eigenvalue weighted by Gasteiger charge is -2.08. The van der Waals surface area contributed by atoms with E-state index in [0.717, 1.165) is 0 Å². The fourth-order valence-electron chi connectivity index (χ4n) is 1.02. The molecule has 2 aliphatic rings. The van der Waals surface area contributed by atoms with Gasteiger partial charge in [0.15, 0.2) is 4.33 Å². The van der Waals surface area contributed by atoms with Crippen LogP contribution in [0.25, 0.3) is 0 Å². The van der Waals surface area contributed by atoms with Gasteiger partial charge >= 0.3 is 0 Å². The van der Waals surface area contributed by atoms with Crippen LogP contribution in [0.3, 0.4) is 0 Å². The monoisotopic (exact) mass is 168 g/mol. The van der Waals surface area contributed by atoms with Crippen molar-refractivity contribution in [2.24, 2.45) is 0 Å². The number of ether oxygens (including phenoxy) is 2. The average Bonchev–Trinajstić information content (AvgIpc) is 2.39. The van der Waals surface area contributed by atoms with E-state index in [9.17, 15) is 0 Å². The molecule has 2 fully saturated rings. The summed E-state index contributed by atoms with van der Waals surface area (Å²) in [5, 5.41) is 0. The zero-order chi connectivity index (χ0) is 6.48. The van der Waals surface area contributed by atoms with E-state index in [-0.39, 0.29) is 12.2 Å². The second kappa shape index (κ2) is 1.76. The van der Waals surface area contributed by atoms with Crippen LogP contribution in [-0.4, -0.2) is 29.8 Å². The molecule has 1 aliphatic heterocycles. The molecule has 1 heterocycles. The average molecular weight is 169 g/mol. The minimum atomic E-state index is -0.753. The molecule has 2 unspecified atom stereocenters. The summed E-state index contributed by atoms with van der Waals surface area (Å²) in [6, 6.07) is 0. The van der Waals surface area contributed by atoms with Crippen LogP contribution in [0.1, 0.15) is 0 Å². The molecule has 0 aromatic carbocycles. The lowest BCUT2D eigenvalue weighted by Crippen LogP contribution is -2.16. The first-order valence-corrected chi connectivity index (χ1v) is 3.59. The van der Waals surface area contributed by atoms with E-state index in [2.05, 4.69) is 0 Å². The highest BCUT2D eigenvalue weighted by Gasteiger charge is 2.67. The molecule has 2 rings (SSSR count). The number of alkyl halides is 2. The largest absolute Gasteiger partial charge is 0.370 e. The Hall–Kier alpha value is 0.500. The molecule has 9 heavy (non-hydrogen) atoms. The van der Waals surface area contributed by atoms with Crippen LogP contribution in [0.15, 0.2) is 0 Å². The van der Waals surface area contributed by atoms with Crippen molar-refractivity contribution < 1.29 is 9.47 Å². The van der Waals surface area contributed by atoms with Gasteiger partial charge in [-0.25, -0.2) is 0 Å². The maximum atomic E-state index is 5.73. The minimum Gasteiger partial charge on any atom is -0.370 e. The van der Waals surface area contributed by atoms with E-state index in [1.165, 1.54) is 0 Å². The maximum absolute atomic E-state index is 5.73. The molecule has 1 saturated heterocycles. The van der Waals surface area contributed by atoms with Crippen molar-refractivity contribution in [2.75, 3.05) is 13.2 Å². The normalized spacial score (nSPS) is 46.0. The molecule has 2 nitrogen and oxygen atoms in total. The standard InChI is InChI=1S/C5H6Cl2O2/c6-5(7)3-4(5)9-2-1-8-3/h3-4H,1-2H2. The Balaban J connectivity index is 2.06. The summed E-state index contributed by atoms with van der Waals surface area (Å²) in [5.74, 6) is 0. The van der Waals surface area contributed by atoms with Gasteiger partial charge in [0.25, 0.3) is 0 Å². The second-order valence-electron chi connectivity index (χ2n) is 2.26. The molecule has 2 atom stereocenters. The first-order chi connectivity index (χ1) is 4.23. The van der Waals surface area contributed by atoms with Gasteiger partial charge in [-0.3, -0.25) is 0 Å². The summed E-state index contributed by atoms with van der Waals surface area (Å²) in [7, 11) is 0. The number of rotatable bonds is 0. The molecule has 4 heteroatoms. The lowest BCUT2D eigenvalue weighted by molar-refractivity contribution is -0.0376. The van der Waals surface area contributed by atoms with Crippen LogP contribution < -0.4 is 0 Å². The summed E-state index contributed by atoms with van der Waals surface area (Å²) < 4.78 is 9.60. The van der Waals surface area contributed by atoms with E-state index in [1.54, 1.807) is 0 Å². The molecule has 0 radical (unpaired) electrons. The van der Waals surface area contributed by atoms with Crippen LogP contribution in [0.5, 0.6) is 0 Å². The number of hydrogen-bond acceptors (Lipinski definition) is 2. The number of fused-ring (bicyclic) bond motifs is 1. The molecule has 0 aromatic heterocycles. The summed E-state index contributed by atoms with van der Waals surface area (Å²) in [6.45, 7) is 1.23. The number of hydrogen-bond donors (Lipinski definition) is 0. The first-order valence-electron chi connectivity index (χ1n) is 2.84. The highest BCUT2D eigenvalue weighted by Crippen LogP contribution is 2.52. The molecule has 0 bridgehead atoms. The van der Waals surface area contributed by atoms with Gasteiger partial charge in [0.05, 0.1) is 13.2 Å². The molecule has 0 amide bonds. The second-order valence-corrected chi connectivity index (χ2v) is 3.70. The van der Waals surface area contributed by atoms with E-state index >= 15 is 0 Å². The van der Waals surface area contributed by atoms with Crippen LogP contribution >= 0.6 is 23.2 Å². The fraction of sp³-hybridized carbons (Fsp3) is 1.00. The van der Waals surface area contributed by atoms with Gasteiger partial charge in [0, 0.05) is 0 Å². The quantitative estimate of drug-likeness (QED) is 0.502. The third-order valence-corrected chi connectivity index (χ3v) is 2.46. The van der Waals surface area contributed by atoms with E-state index < -0.39 is 4.33 Å². The van der Waals surface area contributed by atoms with E-state index in [0.29, 0.717) is 13.2 Å². The van der Waals surface area contributed by atoms with Gasteiger partial charge in [-0.1, -0.05) is 23.2 Å². The fourth-order valence-corrected chi connectivity index (χ4v) is 1.60. The highest BCUT2D eigenvalue weighted by molar-refractivity contribution is 6.52. The van der Waals surface area contributed by atoms with E-state index in [4.69, 9.17) is 32.7 Å². The minimum absolute atomic E-state index is 0.0745. The van der Waals surface area contributed by atoms with Gasteiger partial charge in [0.1, 0.15) is 12.2 Å². The van der Waals surface area contributed by atoms with Crippen molar-refractivity contribution in [3.8, 4) is 0 Å². The zero-order valence-electron chi connectivity index (χ0n) is 4.64. The summed E-state index contributed by atoms with van der Waals surface area (Å²) in [5.41, 5.74) is 0. The summed E-state index contributed by atoms with van der Waals surface area (Å²) in [4.78, 5) is 0. The van der Waals surface area contributed by atoms with Crippen molar-refractivity contribution in [3.63, 3.8) is 0 Å². The van der Waals surface area contributed by atoms with Gasteiger partial charge in [-0.2, -0.15) is 0 Å². The Morgan fingerprint density at radius 2 is 1.56 bits per heavy atom. The van der Waals surface area contributed by atoms with Crippen molar-refractivity contribution in [1.29, 1.82) is 0 Å². The SMILES string of the molecule is ClC1(Cl)C2OCCOC21. The van der Waals surface area contributed by atoms with Crippen LogP contribution in [0, 0.1) is 0 Å². The number of halogens is 2. The Bertz CT molecular complexity index is 123. The Morgan fingerprint density at radius 1 is 1.11 bits per heavy atom. The predicted octanol–water partition coefficient (Wildman–Crippen LogP) is 0.958. The highest BCUT2D eigenvalue weighted by atomic mass is 35.5. The first kappa shape index (κ1) is 6.23. The van der Waals surface area contributed by atoms with Gasteiger partial charge in [0.2, 0.25) is 0 Å². The van der Waals surface area contributed by atoms with E-state index in [1.807, 2.05) is 0 Å². The smallest absolute Gasteiger partial charge is 0.175 e. The lowest BCUT2D eigenvalue weighted by atomic mass is 10.6. The van der Waals surface area contributed by atoms with Gasteiger partial charge < -0.3 is 9.47 Å². The molecule has 0 N–H and O–H groups in total. The molecule has 1 saturated carbocycles. The Kier molecular flexibility index (Phi) is 1.21. The summed E-state index contributed by atoms with van der Waals surface area (Å²) >= 11 is 11.5. The Morgan fingerprint density at radius 3 is 1.89 bits per heavy atom. The molecule has 52 valence electrons. The molecule has 0 aromatic rings. The molecule has 1 aliphatic carbocycles. The third kappa shape index (κ3) is 0.777. The van der Waals surface area contributed by atoms with Crippen LogP contribution in [0.2, 0.25) is 0 Å². The summed E-state index contributed by atoms with van der Waals surface area (Å²) in [6.07, 6.45) is -0.149. The maximum Gasteiger partial charge on any atom is 0.175 e. The van der Waals surface area contributed by atoms with Crippen LogP contribution in [0.4, 0.5) is 0 Å². The zero-order valence-corrected chi connectivity index (χ0v) is 6.15. The molecule has 0 spiro atoms. The van der Waals surface area contributed by atoms with Gasteiger partial charge in [-0.05, 0) is 0 Å². The molecular weight excluding hydrogens is 163 g/mol. The van der Waals surface area contributed by atoms with Gasteiger partial charge in [-0.15, -0.1) is 0 Å². The van der Waals surface area contributed by atoms with Crippen molar-refractivity contribution in [1.82, 2.24) is 0 Å². The topological polar surface area (TPSA) is 18.5 Å². The van der Waals surface area contributed by atoms with Crippen molar-refractivity contribution in [3.05, 3.63) is 0 Å².